The second kappa shape index (κ2) is 17.8. The summed E-state index contributed by atoms with van der Waals surface area (Å²) in [6.07, 6.45) is -2.62. The number of aliphatic imine (C=N–C) groups is 1. The van der Waals surface area contributed by atoms with Gasteiger partial charge in [0.15, 0.2) is 5.96 Å². The van der Waals surface area contributed by atoms with E-state index < -0.39 is 24.2 Å². The summed E-state index contributed by atoms with van der Waals surface area (Å²) in [5, 5.41) is 19.5. The molecule has 0 aliphatic carbocycles. The van der Waals surface area contributed by atoms with Crippen LogP contribution in [0, 0.1) is 5.92 Å². The van der Waals surface area contributed by atoms with E-state index in [0.717, 1.165) is 11.1 Å². The van der Waals surface area contributed by atoms with Crippen molar-refractivity contribution < 1.29 is 47.2 Å². The summed E-state index contributed by atoms with van der Waals surface area (Å²) >= 11 is 0. The normalized spacial score (nSPS) is 13.8. The smallest absolute Gasteiger partial charge is 0.480 e. The number of hydrogen-bond donors (Lipinski definition) is 4. The van der Waals surface area contributed by atoms with Gasteiger partial charge >= 0.3 is 18.1 Å². The number of aromatic nitrogens is 1. The highest BCUT2D eigenvalue weighted by atomic mass is 19.4. The molecule has 5 N–H and O–H groups in total. The van der Waals surface area contributed by atoms with Crippen molar-refractivity contribution in [2.75, 3.05) is 13.2 Å². The van der Waals surface area contributed by atoms with Crippen LogP contribution in [0.15, 0.2) is 77.9 Å². The first kappa shape index (κ1) is 37.4. The largest absolute Gasteiger partial charge is 0.490 e. The van der Waals surface area contributed by atoms with Gasteiger partial charge < -0.3 is 30.3 Å². The van der Waals surface area contributed by atoms with Gasteiger partial charge in [-0.05, 0) is 30.0 Å². The summed E-state index contributed by atoms with van der Waals surface area (Å²) in [6, 6.07) is 19.8. The number of hydrogen-bond acceptors (Lipinski definition) is 10. The number of halogens is 3. The Kier molecular flexibility index (Phi) is 13.9. The molecular weight excluding hydrogens is 635 g/mol. The predicted molar refractivity (Wildman–Crippen MR) is 170 cm³/mol. The number of ketones is 1. The second-order valence-corrected chi connectivity index (χ2v) is 11.1. The Balaban J connectivity index is 0.000000804. The summed E-state index contributed by atoms with van der Waals surface area (Å²) in [5.74, 6) is -2.18. The van der Waals surface area contributed by atoms with Crippen LogP contribution in [0.2, 0.25) is 0 Å². The minimum atomic E-state index is -5.08. The van der Waals surface area contributed by atoms with Gasteiger partial charge in [0.1, 0.15) is 17.6 Å². The van der Waals surface area contributed by atoms with Gasteiger partial charge in [0.2, 0.25) is 5.88 Å². The molecule has 0 fully saturated rings. The molecule has 0 radical (unpaired) electrons. The van der Waals surface area contributed by atoms with Crippen molar-refractivity contribution in [3.63, 3.8) is 0 Å². The number of nitrogens with one attached hydrogen (secondary N) is 1. The number of nitrogens with two attached hydrogens (primary N) is 1. The molecule has 4 rings (SSSR count). The zero-order chi connectivity index (χ0) is 35.3. The number of carbonyl (C=O) groups is 3. The molecule has 1 aliphatic rings. The third-order valence-electron chi connectivity index (χ3n) is 7.15. The van der Waals surface area contributed by atoms with E-state index in [0.29, 0.717) is 42.8 Å². The molecule has 1 aromatic heterocycles. The van der Waals surface area contributed by atoms with E-state index in [9.17, 15) is 27.9 Å². The van der Waals surface area contributed by atoms with Crippen molar-refractivity contribution in [2.24, 2.45) is 16.6 Å². The number of nitrogens with zero attached hydrogens (tertiary/aromatic N) is 3. The maximum absolute atomic E-state index is 12.8. The quantitative estimate of drug-likeness (QED) is 0.173. The van der Waals surface area contributed by atoms with Crippen LogP contribution in [0.5, 0.6) is 11.6 Å². The van der Waals surface area contributed by atoms with Crippen molar-refractivity contribution in [1.29, 1.82) is 0 Å². The zero-order valence-electron chi connectivity index (χ0n) is 26.4. The van der Waals surface area contributed by atoms with Gasteiger partial charge in [0.25, 0.3) is 0 Å². The number of guanidine groups is 1. The maximum Gasteiger partial charge on any atom is 0.490 e. The number of rotatable bonds is 15. The second-order valence-electron chi connectivity index (χ2n) is 11.1. The molecule has 2 aromatic carbocycles. The number of aliphatic carboxylic acids is 2. The van der Waals surface area contributed by atoms with Crippen LogP contribution in [0.1, 0.15) is 37.8 Å². The fourth-order valence-corrected chi connectivity index (χ4v) is 4.67. The molecule has 1 aliphatic heterocycles. The zero-order valence-corrected chi connectivity index (χ0v) is 26.4. The Bertz CT molecular complexity index is 1540. The van der Waals surface area contributed by atoms with Crippen LogP contribution in [0.4, 0.5) is 18.9 Å². The van der Waals surface area contributed by atoms with E-state index in [4.69, 9.17) is 25.1 Å². The van der Waals surface area contributed by atoms with E-state index in [-0.39, 0.29) is 37.3 Å². The number of carboxylic acids is 2. The summed E-state index contributed by atoms with van der Waals surface area (Å²) in [6.45, 7) is 4.86. The maximum atomic E-state index is 12.8. The number of alkyl halides is 3. The third-order valence-corrected chi connectivity index (χ3v) is 7.15. The Morgan fingerprint density at radius 1 is 1.04 bits per heavy atom. The van der Waals surface area contributed by atoms with Gasteiger partial charge in [-0.2, -0.15) is 13.2 Å². The molecule has 2 heterocycles. The highest BCUT2D eigenvalue weighted by Crippen LogP contribution is 2.32. The summed E-state index contributed by atoms with van der Waals surface area (Å²) in [4.78, 5) is 44.3. The van der Waals surface area contributed by atoms with Gasteiger partial charge in [-0.1, -0.05) is 62.4 Å². The molecule has 12 nitrogen and oxygen atoms in total. The van der Waals surface area contributed by atoms with Crippen LogP contribution in [0.25, 0.3) is 0 Å². The molecule has 15 heteroatoms. The van der Waals surface area contributed by atoms with E-state index >= 15 is 0 Å². The van der Waals surface area contributed by atoms with E-state index in [1.54, 1.807) is 6.20 Å². The fraction of sp³-hybridized carbons (Fsp3) is 0.364. The monoisotopic (exact) mass is 673 g/mol. The molecule has 258 valence electrons. The molecule has 1 unspecified atom stereocenters. The fourth-order valence-electron chi connectivity index (χ4n) is 4.67. The predicted octanol–water partition coefficient (Wildman–Crippen LogP) is 4.90. The lowest BCUT2D eigenvalue weighted by molar-refractivity contribution is -0.192. The average molecular weight is 674 g/mol. The molecular formula is C33H38F3N5O7. The molecule has 0 bridgehead atoms. The standard InChI is InChI=1S/C31H37N5O5.C2HF3O2/c1-21(2)28(14-13-24(37)16-33-27(30(38)39)20-40-19-22-9-5-3-6-10-22)36-18-23-15-29(34-17-26(23)35-31(36)32)41-25-11-7-4-8-12-25;3-2(4,5)1(6)7/h3-12,15,17,21,27-28,33H,13-14,16,18-20H2,1-2H3,(H2,32,35)(H,38,39);(H,6,7)/t27?,28-;/m0./s1. The molecule has 0 amide bonds. The van der Waals surface area contributed by atoms with Crippen LogP contribution < -0.4 is 15.8 Å². The third kappa shape index (κ3) is 12.0. The lowest BCUT2D eigenvalue weighted by Gasteiger charge is -2.37. The van der Waals surface area contributed by atoms with Gasteiger partial charge in [-0.15, -0.1) is 0 Å². The summed E-state index contributed by atoms with van der Waals surface area (Å²) in [7, 11) is 0. The van der Waals surface area contributed by atoms with E-state index in [1.807, 2.05) is 71.6 Å². The highest BCUT2D eigenvalue weighted by Gasteiger charge is 2.38. The van der Waals surface area contributed by atoms with Crippen molar-refractivity contribution in [1.82, 2.24) is 15.2 Å². The van der Waals surface area contributed by atoms with Crippen molar-refractivity contribution in [3.8, 4) is 11.6 Å². The Hall–Kier alpha value is -5.02. The molecule has 2 atom stereocenters. The van der Waals surface area contributed by atoms with Crippen LogP contribution in [-0.2, 0) is 32.3 Å². The molecule has 0 spiro atoms. The first-order valence-corrected chi connectivity index (χ1v) is 15.0. The number of benzene rings is 2. The van der Waals surface area contributed by atoms with Gasteiger partial charge in [-0.25, -0.2) is 14.8 Å². The number of para-hydroxylation sites is 1. The van der Waals surface area contributed by atoms with Crippen LogP contribution >= 0.6 is 0 Å². The molecule has 48 heavy (non-hydrogen) atoms. The van der Waals surface area contributed by atoms with Gasteiger partial charge in [0.05, 0.1) is 31.6 Å². The Labute approximate surface area is 275 Å². The van der Waals surface area contributed by atoms with Crippen molar-refractivity contribution in [3.05, 3.63) is 84.1 Å². The number of pyridine rings is 1. The lowest BCUT2D eigenvalue weighted by atomic mass is 9.95. The average Bonchev–Trinajstić information content (AvgIpc) is 3.03. The number of fused-ring (bicyclic) bond motifs is 1. The summed E-state index contributed by atoms with van der Waals surface area (Å²) in [5.41, 5.74) is 8.93. The molecule has 3 aromatic rings. The van der Waals surface area contributed by atoms with Crippen LogP contribution in [0.3, 0.4) is 0 Å². The first-order chi connectivity index (χ1) is 22.7. The van der Waals surface area contributed by atoms with Crippen LogP contribution in [-0.4, -0.2) is 75.2 Å². The SMILES string of the molecule is CC(C)[C@H](CCC(=O)CNC(COCc1ccccc1)C(=O)O)N1Cc2cc(Oc3ccccc3)ncc2N=C1N.O=C(O)C(F)(F)F. The minimum absolute atomic E-state index is 0.0445. The number of ether oxygens (including phenoxy) is 2. The first-order valence-electron chi connectivity index (χ1n) is 15.0. The van der Waals surface area contributed by atoms with E-state index in [2.05, 4.69) is 29.1 Å². The Morgan fingerprint density at radius 2 is 1.67 bits per heavy atom. The summed E-state index contributed by atoms with van der Waals surface area (Å²) < 4.78 is 43.2. The van der Waals surface area contributed by atoms with Gasteiger partial charge in [-0.3, -0.25) is 14.9 Å². The van der Waals surface area contributed by atoms with Crippen molar-refractivity contribution >= 4 is 29.4 Å². The molecule has 0 saturated carbocycles. The number of carboxylic acid groups (broad SMARTS) is 2. The number of Topliss-reactive ketones (excluding diaryl/α,β-unsaturated/α-hetero) is 1. The van der Waals surface area contributed by atoms with Gasteiger partial charge in [0, 0.05) is 30.6 Å². The number of carbonyl (C=O) groups excluding carboxylic acids is 1. The topological polar surface area (TPSA) is 177 Å². The lowest BCUT2D eigenvalue weighted by Crippen LogP contribution is -2.48. The molecule has 0 saturated heterocycles. The Morgan fingerprint density at radius 3 is 2.25 bits per heavy atom. The minimum Gasteiger partial charge on any atom is -0.480 e. The van der Waals surface area contributed by atoms with E-state index in [1.165, 1.54) is 0 Å². The highest BCUT2D eigenvalue weighted by molar-refractivity contribution is 5.84. The van der Waals surface area contributed by atoms with Crippen molar-refractivity contribution in [2.45, 2.75) is 58.1 Å².